The molecular formula is C15H20F6N4S. The van der Waals surface area contributed by atoms with Gasteiger partial charge in [0.05, 0.1) is 12.5 Å². The van der Waals surface area contributed by atoms with E-state index in [1.165, 1.54) is 0 Å². The van der Waals surface area contributed by atoms with Crippen LogP contribution in [0.2, 0.25) is 0 Å². The van der Waals surface area contributed by atoms with Crippen molar-refractivity contribution in [3.8, 4) is 0 Å². The predicted octanol–water partition coefficient (Wildman–Crippen LogP) is 4.34. The standard InChI is InChI=1S/C15H20F6N4S/c1-2-22-13(23-7-12-25-11(8-26-12)15(19,20)21)24-10-5-3-4-9(6-10)14(16,17)18/h8-10H,2-7H2,1H3,(H2,22,23,24). The Morgan fingerprint density at radius 1 is 1.27 bits per heavy atom. The van der Waals surface area contributed by atoms with E-state index < -0.39 is 24.0 Å². The molecule has 1 aliphatic carbocycles. The first-order chi connectivity index (χ1) is 12.1. The van der Waals surface area contributed by atoms with Crippen molar-refractivity contribution in [1.82, 2.24) is 15.6 Å². The van der Waals surface area contributed by atoms with Crippen LogP contribution < -0.4 is 10.6 Å². The number of aliphatic imine (C=N–C) groups is 1. The van der Waals surface area contributed by atoms with E-state index in [4.69, 9.17) is 0 Å². The van der Waals surface area contributed by atoms with Crippen molar-refractivity contribution in [3.63, 3.8) is 0 Å². The summed E-state index contributed by atoms with van der Waals surface area (Å²) in [5, 5.41) is 6.97. The van der Waals surface area contributed by atoms with Crippen molar-refractivity contribution in [2.75, 3.05) is 6.54 Å². The molecule has 0 radical (unpaired) electrons. The molecule has 0 bridgehead atoms. The minimum atomic E-state index is -4.50. The number of nitrogens with one attached hydrogen (secondary N) is 2. The van der Waals surface area contributed by atoms with Crippen molar-refractivity contribution in [3.05, 3.63) is 16.1 Å². The summed E-state index contributed by atoms with van der Waals surface area (Å²) in [7, 11) is 0. The van der Waals surface area contributed by atoms with Crippen LogP contribution >= 0.6 is 11.3 Å². The van der Waals surface area contributed by atoms with Gasteiger partial charge in [-0.25, -0.2) is 9.98 Å². The fourth-order valence-electron chi connectivity index (χ4n) is 2.79. The number of hydrogen-bond acceptors (Lipinski definition) is 3. The molecule has 11 heteroatoms. The largest absolute Gasteiger partial charge is 0.434 e. The summed E-state index contributed by atoms with van der Waals surface area (Å²) >= 11 is 0.844. The molecule has 1 heterocycles. The van der Waals surface area contributed by atoms with Crippen LogP contribution in [0.15, 0.2) is 10.4 Å². The number of thiazole rings is 1. The highest BCUT2D eigenvalue weighted by Gasteiger charge is 2.42. The average molecular weight is 402 g/mol. The van der Waals surface area contributed by atoms with E-state index in [1.807, 2.05) is 0 Å². The summed E-state index contributed by atoms with van der Waals surface area (Å²) in [5.74, 6) is -1.06. The van der Waals surface area contributed by atoms with E-state index in [0.717, 1.165) is 16.7 Å². The van der Waals surface area contributed by atoms with E-state index >= 15 is 0 Å². The van der Waals surface area contributed by atoms with Gasteiger partial charge in [0, 0.05) is 18.0 Å². The first-order valence-electron chi connectivity index (χ1n) is 8.22. The van der Waals surface area contributed by atoms with Gasteiger partial charge < -0.3 is 10.6 Å². The topological polar surface area (TPSA) is 49.3 Å². The van der Waals surface area contributed by atoms with Gasteiger partial charge in [-0.3, -0.25) is 0 Å². The van der Waals surface area contributed by atoms with Gasteiger partial charge >= 0.3 is 12.4 Å². The highest BCUT2D eigenvalue weighted by Crippen LogP contribution is 2.37. The second-order valence-electron chi connectivity index (χ2n) is 6.07. The SMILES string of the molecule is CCNC(=NCc1nc(C(F)(F)F)cs1)NC1CCCC(C(F)(F)F)C1. The molecule has 26 heavy (non-hydrogen) atoms. The third-order valence-corrected chi connectivity index (χ3v) is 4.87. The Labute approximate surface area is 151 Å². The minimum Gasteiger partial charge on any atom is -0.357 e. The summed E-state index contributed by atoms with van der Waals surface area (Å²) in [5.41, 5.74) is -0.967. The lowest BCUT2D eigenvalue weighted by molar-refractivity contribution is -0.183. The molecule has 2 rings (SSSR count). The molecule has 1 fully saturated rings. The van der Waals surface area contributed by atoms with Gasteiger partial charge in [0.25, 0.3) is 0 Å². The predicted molar refractivity (Wildman–Crippen MR) is 86.9 cm³/mol. The van der Waals surface area contributed by atoms with Crippen LogP contribution in [-0.4, -0.2) is 29.7 Å². The van der Waals surface area contributed by atoms with E-state index in [-0.39, 0.29) is 36.4 Å². The van der Waals surface area contributed by atoms with Crippen molar-refractivity contribution in [2.45, 2.75) is 57.5 Å². The van der Waals surface area contributed by atoms with Crippen LogP contribution in [0, 0.1) is 5.92 Å². The van der Waals surface area contributed by atoms with E-state index in [2.05, 4.69) is 20.6 Å². The number of halogens is 6. The first kappa shape index (κ1) is 20.8. The highest BCUT2D eigenvalue weighted by molar-refractivity contribution is 7.09. The van der Waals surface area contributed by atoms with Crippen LogP contribution in [0.3, 0.4) is 0 Å². The molecule has 148 valence electrons. The lowest BCUT2D eigenvalue weighted by Crippen LogP contribution is -2.46. The van der Waals surface area contributed by atoms with Crippen LogP contribution in [0.5, 0.6) is 0 Å². The second kappa shape index (κ2) is 8.45. The van der Waals surface area contributed by atoms with E-state index in [9.17, 15) is 26.3 Å². The molecule has 4 nitrogen and oxygen atoms in total. The normalized spacial score (nSPS) is 22.3. The van der Waals surface area contributed by atoms with Gasteiger partial charge in [-0.15, -0.1) is 11.3 Å². The molecular weight excluding hydrogens is 382 g/mol. The second-order valence-corrected chi connectivity index (χ2v) is 7.01. The number of nitrogens with zero attached hydrogens (tertiary/aromatic N) is 2. The summed E-state index contributed by atoms with van der Waals surface area (Å²) in [6, 6.07) is -0.379. The molecule has 2 N–H and O–H groups in total. The molecule has 0 saturated heterocycles. The molecule has 1 aromatic heterocycles. The Hall–Kier alpha value is -1.52. The van der Waals surface area contributed by atoms with Crippen LogP contribution in [0.4, 0.5) is 26.3 Å². The Kier molecular flexibility index (Phi) is 6.75. The van der Waals surface area contributed by atoms with Crippen LogP contribution in [0.1, 0.15) is 43.3 Å². The molecule has 2 unspecified atom stereocenters. The third kappa shape index (κ3) is 6.03. The maximum Gasteiger partial charge on any atom is 0.434 e. The first-order valence-corrected chi connectivity index (χ1v) is 9.10. The lowest BCUT2D eigenvalue weighted by Gasteiger charge is -2.31. The monoisotopic (exact) mass is 402 g/mol. The Morgan fingerprint density at radius 3 is 2.58 bits per heavy atom. The number of guanidine groups is 1. The fourth-order valence-corrected chi connectivity index (χ4v) is 3.52. The maximum absolute atomic E-state index is 12.9. The van der Waals surface area contributed by atoms with Gasteiger partial charge in [-0.2, -0.15) is 26.3 Å². The van der Waals surface area contributed by atoms with Gasteiger partial charge in [-0.05, 0) is 26.2 Å². The molecule has 0 spiro atoms. The molecule has 0 aliphatic heterocycles. The molecule has 1 saturated carbocycles. The van der Waals surface area contributed by atoms with Crippen LogP contribution in [0.25, 0.3) is 0 Å². The lowest BCUT2D eigenvalue weighted by atomic mass is 9.85. The molecule has 0 amide bonds. The molecule has 1 aliphatic rings. The smallest absolute Gasteiger partial charge is 0.357 e. The quantitative estimate of drug-likeness (QED) is 0.448. The third-order valence-electron chi connectivity index (χ3n) is 4.04. The Morgan fingerprint density at radius 2 is 2.00 bits per heavy atom. The molecule has 1 aromatic rings. The summed E-state index contributed by atoms with van der Waals surface area (Å²) in [6.45, 7) is 2.19. The van der Waals surface area contributed by atoms with Gasteiger partial charge in [0.1, 0.15) is 5.01 Å². The average Bonchev–Trinajstić information content (AvgIpc) is 3.01. The minimum absolute atomic E-state index is 0.0383. The number of alkyl halides is 6. The van der Waals surface area contributed by atoms with E-state index in [0.29, 0.717) is 19.4 Å². The molecule has 2 atom stereocenters. The Balaban J connectivity index is 1.99. The zero-order chi connectivity index (χ0) is 19.4. The van der Waals surface area contributed by atoms with Gasteiger partial charge in [0.2, 0.25) is 0 Å². The fraction of sp³-hybridized carbons (Fsp3) is 0.733. The zero-order valence-electron chi connectivity index (χ0n) is 14.0. The van der Waals surface area contributed by atoms with Gasteiger partial charge in [-0.1, -0.05) is 6.42 Å². The number of hydrogen-bond donors (Lipinski definition) is 2. The highest BCUT2D eigenvalue weighted by atomic mass is 32.1. The Bertz CT molecular complexity index is 610. The number of rotatable bonds is 4. The van der Waals surface area contributed by atoms with Crippen LogP contribution in [-0.2, 0) is 12.7 Å². The zero-order valence-corrected chi connectivity index (χ0v) is 14.9. The summed E-state index contributed by atoms with van der Waals surface area (Å²) in [6.07, 6.45) is -7.59. The van der Waals surface area contributed by atoms with Crippen molar-refractivity contribution < 1.29 is 26.3 Å². The summed E-state index contributed by atoms with van der Waals surface area (Å²) < 4.78 is 76.4. The maximum atomic E-state index is 12.9. The van der Waals surface area contributed by atoms with E-state index in [1.54, 1.807) is 6.92 Å². The van der Waals surface area contributed by atoms with Gasteiger partial charge in [0.15, 0.2) is 11.7 Å². The molecule has 0 aromatic carbocycles. The van der Waals surface area contributed by atoms with Crippen molar-refractivity contribution in [1.29, 1.82) is 0 Å². The summed E-state index contributed by atoms with van der Waals surface area (Å²) in [4.78, 5) is 7.64. The van der Waals surface area contributed by atoms with Crippen molar-refractivity contribution in [2.24, 2.45) is 10.9 Å². The van der Waals surface area contributed by atoms with Crippen molar-refractivity contribution >= 4 is 17.3 Å². The number of aromatic nitrogens is 1.